The Morgan fingerprint density at radius 1 is 1.44 bits per heavy atom. The highest BCUT2D eigenvalue weighted by molar-refractivity contribution is 6.31. The maximum Gasteiger partial charge on any atom is 0.0882 e. The Bertz CT molecular complexity index is 560. The van der Waals surface area contributed by atoms with Crippen molar-refractivity contribution < 1.29 is 0 Å². The second-order valence-corrected chi connectivity index (χ2v) is 5.11. The van der Waals surface area contributed by atoms with Crippen molar-refractivity contribution >= 4 is 11.6 Å². The maximum absolute atomic E-state index is 6.31. The lowest BCUT2D eigenvalue weighted by Crippen LogP contribution is -2.15. The van der Waals surface area contributed by atoms with Gasteiger partial charge in [0, 0.05) is 30.2 Å². The molecule has 0 atom stereocenters. The molecule has 0 amide bonds. The van der Waals surface area contributed by atoms with E-state index in [1.807, 2.05) is 13.1 Å². The summed E-state index contributed by atoms with van der Waals surface area (Å²) >= 11 is 6.31. The summed E-state index contributed by atoms with van der Waals surface area (Å²) in [5.74, 6) is 0. The van der Waals surface area contributed by atoms with Crippen LogP contribution in [0.15, 0.2) is 24.4 Å². The van der Waals surface area contributed by atoms with Crippen LogP contribution in [0.25, 0.3) is 11.3 Å². The van der Waals surface area contributed by atoms with E-state index in [-0.39, 0.29) is 0 Å². The van der Waals surface area contributed by atoms with E-state index in [0.717, 1.165) is 28.4 Å². The summed E-state index contributed by atoms with van der Waals surface area (Å²) in [5.41, 5.74) is 3.16. The van der Waals surface area contributed by atoms with Gasteiger partial charge in [-0.15, -0.1) is 5.10 Å². The average molecular weight is 263 g/mol. The van der Waals surface area contributed by atoms with Gasteiger partial charge in [-0.3, -0.25) is 0 Å². The van der Waals surface area contributed by atoms with Crippen LogP contribution in [0.2, 0.25) is 5.02 Å². The highest BCUT2D eigenvalue weighted by atomic mass is 35.5. The molecule has 1 saturated carbocycles. The van der Waals surface area contributed by atoms with E-state index in [1.165, 1.54) is 12.8 Å². The molecule has 4 nitrogen and oxygen atoms in total. The van der Waals surface area contributed by atoms with E-state index in [0.29, 0.717) is 6.04 Å². The highest BCUT2D eigenvalue weighted by Gasteiger charge is 2.20. The zero-order valence-corrected chi connectivity index (χ0v) is 11.0. The lowest BCUT2D eigenvalue weighted by Gasteiger charge is -2.08. The van der Waals surface area contributed by atoms with E-state index < -0.39 is 0 Å². The predicted molar refractivity (Wildman–Crippen MR) is 71.3 cm³/mol. The first-order valence-corrected chi connectivity index (χ1v) is 6.48. The molecular formula is C13H15ClN4. The minimum absolute atomic E-state index is 0.696. The molecule has 1 heterocycles. The predicted octanol–water partition coefficient (Wildman–Crippen LogP) is 2.39. The topological polar surface area (TPSA) is 42.7 Å². The Balaban J connectivity index is 1.81. The third-order valence-corrected chi connectivity index (χ3v) is 3.57. The smallest absolute Gasteiger partial charge is 0.0882 e. The molecule has 0 bridgehead atoms. The molecule has 94 valence electrons. The maximum atomic E-state index is 6.31. The first kappa shape index (κ1) is 11.7. The molecule has 0 unspecified atom stereocenters. The molecule has 1 N–H and O–H groups in total. The van der Waals surface area contributed by atoms with Gasteiger partial charge >= 0.3 is 0 Å². The van der Waals surface area contributed by atoms with Crippen molar-refractivity contribution in [2.45, 2.75) is 25.4 Å². The summed E-state index contributed by atoms with van der Waals surface area (Å²) in [5, 5.41) is 12.1. The lowest BCUT2D eigenvalue weighted by molar-refractivity contribution is 0.688. The van der Waals surface area contributed by atoms with Gasteiger partial charge in [0.15, 0.2) is 0 Å². The van der Waals surface area contributed by atoms with Gasteiger partial charge in [-0.2, -0.15) is 0 Å². The minimum atomic E-state index is 0.696. The largest absolute Gasteiger partial charge is 0.310 e. The van der Waals surface area contributed by atoms with Crippen LogP contribution in [0.4, 0.5) is 0 Å². The second kappa shape index (κ2) is 4.71. The molecule has 1 aromatic heterocycles. The first-order chi connectivity index (χ1) is 8.74. The van der Waals surface area contributed by atoms with Gasteiger partial charge in [0.2, 0.25) is 0 Å². The van der Waals surface area contributed by atoms with Crippen LogP contribution in [0.5, 0.6) is 0 Å². The van der Waals surface area contributed by atoms with Crippen molar-refractivity contribution in [2.75, 3.05) is 0 Å². The Kier molecular flexibility index (Phi) is 3.06. The SMILES string of the molecule is Cn1nncc1-c1ccc(CNC2CC2)c(Cl)c1. The fraction of sp³-hybridized carbons (Fsp3) is 0.385. The van der Waals surface area contributed by atoms with Crippen LogP contribution in [0.1, 0.15) is 18.4 Å². The second-order valence-electron chi connectivity index (χ2n) is 4.70. The van der Waals surface area contributed by atoms with Gasteiger partial charge in [0.1, 0.15) is 0 Å². The van der Waals surface area contributed by atoms with E-state index >= 15 is 0 Å². The third-order valence-electron chi connectivity index (χ3n) is 3.22. The number of halogens is 1. The van der Waals surface area contributed by atoms with Gasteiger partial charge in [-0.1, -0.05) is 28.9 Å². The van der Waals surface area contributed by atoms with Crippen LogP contribution in [-0.4, -0.2) is 21.0 Å². The number of rotatable bonds is 4. The fourth-order valence-electron chi connectivity index (χ4n) is 1.94. The van der Waals surface area contributed by atoms with Gasteiger partial charge in [-0.25, -0.2) is 4.68 Å². The number of benzene rings is 1. The molecule has 0 aliphatic heterocycles. The summed E-state index contributed by atoms with van der Waals surface area (Å²) in [6, 6.07) is 6.81. The first-order valence-electron chi connectivity index (χ1n) is 6.11. The average Bonchev–Trinajstić information content (AvgIpc) is 3.09. The summed E-state index contributed by atoms with van der Waals surface area (Å²) in [6.07, 6.45) is 4.32. The van der Waals surface area contributed by atoms with E-state index in [9.17, 15) is 0 Å². The molecule has 3 rings (SSSR count). The van der Waals surface area contributed by atoms with Crippen LogP contribution in [-0.2, 0) is 13.6 Å². The Morgan fingerprint density at radius 2 is 2.28 bits per heavy atom. The monoisotopic (exact) mass is 262 g/mol. The molecule has 1 fully saturated rings. The molecule has 1 aliphatic carbocycles. The van der Waals surface area contributed by atoms with Crippen molar-refractivity contribution in [1.29, 1.82) is 0 Å². The Morgan fingerprint density at radius 3 is 2.89 bits per heavy atom. The van der Waals surface area contributed by atoms with Crippen molar-refractivity contribution in [3.8, 4) is 11.3 Å². The summed E-state index contributed by atoms with van der Waals surface area (Å²) in [4.78, 5) is 0. The molecule has 1 aromatic carbocycles. The van der Waals surface area contributed by atoms with Crippen molar-refractivity contribution in [2.24, 2.45) is 7.05 Å². The molecule has 0 saturated heterocycles. The molecular weight excluding hydrogens is 248 g/mol. The minimum Gasteiger partial charge on any atom is -0.310 e. The van der Waals surface area contributed by atoms with Gasteiger partial charge in [0.25, 0.3) is 0 Å². The zero-order chi connectivity index (χ0) is 12.5. The van der Waals surface area contributed by atoms with Crippen molar-refractivity contribution in [1.82, 2.24) is 20.3 Å². The van der Waals surface area contributed by atoms with E-state index in [4.69, 9.17) is 11.6 Å². The van der Waals surface area contributed by atoms with E-state index in [1.54, 1.807) is 10.9 Å². The molecule has 2 aromatic rings. The van der Waals surface area contributed by atoms with Crippen LogP contribution >= 0.6 is 11.6 Å². The molecule has 0 spiro atoms. The Labute approximate surface area is 111 Å². The number of aromatic nitrogens is 3. The normalized spacial score (nSPS) is 15.0. The summed E-state index contributed by atoms with van der Waals surface area (Å²) < 4.78 is 1.74. The summed E-state index contributed by atoms with van der Waals surface area (Å²) in [7, 11) is 1.87. The quantitative estimate of drug-likeness (QED) is 0.920. The zero-order valence-electron chi connectivity index (χ0n) is 10.2. The molecule has 5 heteroatoms. The standard InChI is InChI=1S/C13H15ClN4/c1-18-13(8-16-17-18)9-2-3-10(12(14)6-9)7-15-11-4-5-11/h2-3,6,8,11,15H,4-5,7H2,1H3. The Hall–Kier alpha value is -1.39. The van der Waals surface area contributed by atoms with Gasteiger partial charge in [-0.05, 0) is 24.5 Å². The highest BCUT2D eigenvalue weighted by Crippen LogP contribution is 2.26. The number of hydrogen-bond acceptors (Lipinski definition) is 3. The van der Waals surface area contributed by atoms with Gasteiger partial charge < -0.3 is 5.32 Å². The number of nitrogens with zero attached hydrogens (tertiary/aromatic N) is 3. The van der Waals surface area contributed by atoms with Crippen molar-refractivity contribution in [3.05, 3.63) is 35.0 Å². The molecule has 0 radical (unpaired) electrons. The fourth-order valence-corrected chi connectivity index (χ4v) is 2.19. The van der Waals surface area contributed by atoms with Crippen LogP contribution in [0.3, 0.4) is 0 Å². The van der Waals surface area contributed by atoms with Crippen LogP contribution in [0, 0.1) is 0 Å². The number of aryl methyl sites for hydroxylation is 1. The van der Waals surface area contributed by atoms with Crippen LogP contribution < -0.4 is 5.32 Å². The number of nitrogens with one attached hydrogen (secondary N) is 1. The van der Waals surface area contributed by atoms with E-state index in [2.05, 4.69) is 27.8 Å². The number of hydrogen-bond donors (Lipinski definition) is 1. The summed E-state index contributed by atoms with van der Waals surface area (Å²) in [6.45, 7) is 0.841. The van der Waals surface area contributed by atoms with Crippen molar-refractivity contribution in [3.63, 3.8) is 0 Å². The lowest BCUT2D eigenvalue weighted by atomic mass is 10.1. The van der Waals surface area contributed by atoms with Gasteiger partial charge in [0.05, 0.1) is 11.9 Å². The third kappa shape index (κ3) is 2.40. The molecule has 1 aliphatic rings. The molecule has 18 heavy (non-hydrogen) atoms.